The fraction of sp³-hybridized carbons (Fsp3) is 0.588. The van der Waals surface area contributed by atoms with Gasteiger partial charge in [-0.25, -0.2) is 0 Å². The third-order valence-electron chi connectivity index (χ3n) is 4.09. The SMILES string of the molecule is Cc1cc(NCCNC2CCCCCC2)ccc1C#N. The number of rotatable bonds is 5. The first kappa shape index (κ1) is 14.9. The van der Waals surface area contributed by atoms with Crippen LogP contribution in [0.2, 0.25) is 0 Å². The highest BCUT2D eigenvalue weighted by Gasteiger charge is 2.10. The molecule has 1 aliphatic rings. The third-order valence-corrected chi connectivity index (χ3v) is 4.09. The molecule has 0 unspecified atom stereocenters. The summed E-state index contributed by atoms with van der Waals surface area (Å²) in [6, 6.07) is 8.82. The first-order valence-electron chi connectivity index (χ1n) is 7.77. The number of nitriles is 1. The van der Waals surface area contributed by atoms with E-state index in [1.54, 1.807) is 0 Å². The zero-order chi connectivity index (χ0) is 14.2. The van der Waals surface area contributed by atoms with Crippen molar-refractivity contribution in [2.75, 3.05) is 18.4 Å². The van der Waals surface area contributed by atoms with Crippen molar-refractivity contribution in [1.29, 1.82) is 5.26 Å². The number of nitrogens with zero attached hydrogens (tertiary/aromatic N) is 1. The van der Waals surface area contributed by atoms with Gasteiger partial charge in [-0.2, -0.15) is 5.26 Å². The predicted octanol–water partition coefficient (Wildman–Crippen LogP) is 3.59. The second-order valence-electron chi connectivity index (χ2n) is 5.71. The molecule has 0 amide bonds. The van der Waals surface area contributed by atoms with Gasteiger partial charge < -0.3 is 10.6 Å². The van der Waals surface area contributed by atoms with Crippen LogP contribution in [0.4, 0.5) is 5.69 Å². The number of nitrogens with one attached hydrogen (secondary N) is 2. The number of benzene rings is 1. The van der Waals surface area contributed by atoms with E-state index in [0.717, 1.165) is 29.9 Å². The second-order valence-corrected chi connectivity index (χ2v) is 5.71. The molecular formula is C17H25N3. The lowest BCUT2D eigenvalue weighted by atomic mass is 10.1. The summed E-state index contributed by atoms with van der Waals surface area (Å²) in [4.78, 5) is 0. The van der Waals surface area contributed by atoms with Crippen LogP contribution in [-0.4, -0.2) is 19.1 Å². The van der Waals surface area contributed by atoms with Crippen molar-refractivity contribution in [3.8, 4) is 6.07 Å². The minimum absolute atomic E-state index is 0.710. The van der Waals surface area contributed by atoms with Gasteiger partial charge in [0.25, 0.3) is 0 Å². The molecule has 0 atom stereocenters. The quantitative estimate of drug-likeness (QED) is 0.635. The van der Waals surface area contributed by atoms with E-state index < -0.39 is 0 Å². The average Bonchev–Trinajstić information content (AvgIpc) is 2.72. The topological polar surface area (TPSA) is 47.8 Å². The van der Waals surface area contributed by atoms with E-state index in [4.69, 9.17) is 5.26 Å². The molecule has 0 radical (unpaired) electrons. The monoisotopic (exact) mass is 271 g/mol. The van der Waals surface area contributed by atoms with Crippen molar-refractivity contribution in [2.24, 2.45) is 0 Å². The maximum atomic E-state index is 8.91. The summed E-state index contributed by atoms with van der Waals surface area (Å²) in [5.74, 6) is 0. The second kappa shape index (κ2) is 7.91. The van der Waals surface area contributed by atoms with E-state index in [2.05, 4.69) is 16.7 Å². The van der Waals surface area contributed by atoms with Gasteiger partial charge in [0.05, 0.1) is 11.6 Å². The number of hydrogen-bond acceptors (Lipinski definition) is 3. The lowest BCUT2D eigenvalue weighted by molar-refractivity contribution is 0.468. The maximum absolute atomic E-state index is 8.91. The van der Waals surface area contributed by atoms with E-state index in [9.17, 15) is 0 Å². The Bertz CT molecular complexity index is 454. The van der Waals surface area contributed by atoms with Crippen molar-refractivity contribution in [3.05, 3.63) is 29.3 Å². The Morgan fingerprint density at radius 2 is 1.90 bits per heavy atom. The van der Waals surface area contributed by atoms with Crippen LogP contribution >= 0.6 is 0 Å². The molecule has 0 bridgehead atoms. The van der Waals surface area contributed by atoms with E-state index in [1.165, 1.54) is 38.5 Å². The highest BCUT2D eigenvalue weighted by atomic mass is 15.0. The average molecular weight is 271 g/mol. The summed E-state index contributed by atoms with van der Waals surface area (Å²) < 4.78 is 0. The van der Waals surface area contributed by atoms with Gasteiger partial charge >= 0.3 is 0 Å². The molecule has 1 aromatic carbocycles. The van der Waals surface area contributed by atoms with Crippen LogP contribution < -0.4 is 10.6 Å². The van der Waals surface area contributed by atoms with E-state index in [0.29, 0.717) is 6.04 Å². The fourth-order valence-electron chi connectivity index (χ4n) is 2.87. The smallest absolute Gasteiger partial charge is 0.0994 e. The number of aryl methyl sites for hydroxylation is 1. The minimum atomic E-state index is 0.710. The van der Waals surface area contributed by atoms with Crippen molar-refractivity contribution >= 4 is 5.69 Å². The molecule has 0 aliphatic heterocycles. The molecule has 0 heterocycles. The molecule has 1 saturated carbocycles. The summed E-state index contributed by atoms with van der Waals surface area (Å²) >= 11 is 0. The van der Waals surface area contributed by atoms with Gasteiger partial charge in [0.2, 0.25) is 0 Å². The lowest BCUT2D eigenvalue weighted by Crippen LogP contribution is -2.32. The standard InChI is InChI=1S/C17H25N3/c1-14-12-17(9-8-15(14)13-18)20-11-10-19-16-6-4-2-3-5-7-16/h8-9,12,16,19-20H,2-7,10-11H2,1H3. The van der Waals surface area contributed by atoms with Gasteiger partial charge in [0.1, 0.15) is 0 Å². The Morgan fingerprint density at radius 3 is 2.55 bits per heavy atom. The van der Waals surface area contributed by atoms with Gasteiger partial charge in [-0.3, -0.25) is 0 Å². The molecule has 1 aliphatic carbocycles. The normalized spacial score (nSPS) is 16.4. The van der Waals surface area contributed by atoms with Crippen molar-refractivity contribution in [1.82, 2.24) is 5.32 Å². The number of anilines is 1. The predicted molar refractivity (Wildman–Crippen MR) is 83.9 cm³/mol. The molecular weight excluding hydrogens is 246 g/mol. The van der Waals surface area contributed by atoms with Gasteiger partial charge in [0.15, 0.2) is 0 Å². The molecule has 2 rings (SSSR count). The molecule has 0 spiro atoms. The molecule has 20 heavy (non-hydrogen) atoms. The molecule has 0 saturated heterocycles. The van der Waals surface area contributed by atoms with Crippen LogP contribution in [0.15, 0.2) is 18.2 Å². The molecule has 3 nitrogen and oxygen atoms in total. The summed E-state index contributed by atoms with van der Waals surface area (Å²) in [6.45, 7) is 3.92. The fourth-order valence-corrected chi connectivity index (χ4v) is 2.87. The number of hydrogen-bond donors (Lipinski definition) is 2. The lowest BCUT2D eigenvalue weighted by Gasteiger charge is -2.16. The Labute approximate surface area is 122 Å². The third kappa shape index (κ3) is 4.54. The molecule has 1 fully saturated rings. The van der Waals surface area contributed by atoms with Crippen LogP contribution in [0.5, 0.6) is 0 Å². The van der Waals surface area contributed by atoms with E-state index >= 15 is 0 Å². The Balaban J connectivity index is 1.70. The Hall–Kier alpha value is -1.53. The zero-order valence-corrected chi connectivity index (χ0v) is 12.4. The van der Waals surface area contributed by atoms with Crippen LogP contribution in [0.25, 0.3) is 0 Å². The largest absolute Gasteiger partial charge is 0.384 e. The van der Waals surface area contributed by atoms with Gasteiger partial charge in [-0.15, -0.1) is 0 Å². The van der Waals surface area contributed by atoms with Crippen molar-refractivity contribution < 1.29 is 0 Å². The summed E-state index contributed by atoms with van der Waals surface area (Å²) in [5, 5.41) is 16.0. The summed E-state index contributed by atoms with van der Waals surface area (Å²) in [7, 11) is 0. The molecule has 2 N–H and O–H groups in total. The van der Waals surface area contributed by atoms with Gasteiger partial charge in [-0.05, 0) is 43.5 Å². The first-order valence-corrected chi connectivity index (χ1v) is 7.77. The van der Waals surface area contributed by atoms with Gasteiger partial charge in [-0.1, -0.05) is 25.7 Å². The van der Waals surface area contributed by atoms with Crippen LogP contribution in [0.1, 0.15) is 49.7 Å². The first-order chi connectivity index (χ1) is 9.79. The van der Waals surface area contributed by atoms with Crippen molar-refractivity contribution in [2.45, 2.75) is 51.5 Å². The molecule has 108 valence electrons. The minimum Gasteiger partial charge on any atom is -0.384 e. The maximum Gasteiger partial charge on any atom is 0.0994 e. The summed E-state index contributed by atoms with van der Waals surface area (Å²) in [5.41, 5.74) is 2.89. The Morgan fingerprint density at radius 1 is 1.15 bits per heavy atom. The molecule has 3 heteroatoms. The van der Waals surface area contributed by atoms with Gasteiger partial charge in [0, 0.05) is 24.8 Å². The van der Waals surface area contributed by atoms with Crippen LogP contribution in [-0.2, 0) is 0 Å². The molecule has 1 aromatic rings. The van der Waals surface area contributed by atoms with Crippen LogP contribution in [0.3, 0.4) is 0 Å². The van der Waals surface area contributed by atoms with E-state index in [1.807, 2.05) is 25.1 Å². The van der Waals surface area contributed by atoms with Crippen LogP contribution in [0, 0.1) is 18.3 Å². The highest BCUT2D eigenvalue weighted by Crippen LogP contribution is 2.17. The highest BCUT2D eigenvalue weighted by molar-refractivity contribution is 5.51. The van der Waals surface area contributed by atoms with E-state index in [-0.39, 0.29) is 0 Å². The van der Waals surface area contributed by atoms with Crippen molar-refractivity contribution in [3.63, 3.8) is 0 Å². The Kier molecular flexibility index (Phi) is 5.88. The molecule has 0 aromatic heterocycles. The zero-order valence-electron chi connectivity index (χ0n) is 12.4. The summed E-state index contributed by atoms with van der Waals surface area (Å²) in [6.07, 6.45) is 8.22.